The molecule has 2 aromatic rings. The van der Waals surface area contributed by atoms with Crippen LogP contribution in [-0.2, 0) is 14.8 Å². The zero-order valence-electron chi connectivity index (χ0n) is 11.9. The monoisotopic (exact) mass is 419 g/mol. The Labute approximate surface area is 145 Å². The number of anilines is 1. The molecular weight excluding hydrogens is 406 g/mol. The minimum Gasteiger partial charge on any atom is -0.295 e. The van der Waals surface area contributed by atoms with Crippen LogP contribution in [0.5, 0.6) is 0 Å². The van der Waals surface area contributed by atoms with Crippen molar-refractivity contribution in [3.8, 4) is 0 Å². The second-order valence-corrected chi connectivity index (χ2v) is 9.71. The van der Waals surface area contributed by atoms with Crippen LogP contribution in [0.25, 0.3) is 0 Å². The van der Waals surface area contributed by atoms with E-state index in [0.717, 1.165) is 15.1 Å². The number of halogens is 1. The molecule has 1 unspecified atom stereocenters. The second kappa shape index (κ2) is 6.67. The lowest BCUT2D eigenvalue weighted by Crippen LogP contribution is -2.43. The highest BCUT2D eigenvalue weighted by Gasteiger charge is 2.34. The Bertz CT molecular complexity index is 789. The average Bonchev–Trinajstić information content (AvgIpc) is 3.19. The van der Waals surface area contributed by atoms with E-state index in [9.17, 15) is 13.2 Å². The van der Waals surface area contributed by atoms with Gasteiger partial charge in [-0.05, 0) is 40.9 Å². The third-order valence-electron chi connectivity index (χ3n) is 3.55. The van der Waals surface area contributed by atoms with Crippen molar-refractivity contribution in [1.29, 1.82) is 0 Å². The molecule has 23 heavy (non-hydrogen) atoms. The molecule has 0 bridgehead atoms. The van der Waals surface area contributed by atoms with Crippen LogP contribution in [0.3, 0.4) is 0 Å². The molecule has 124 valence electrons. The van der Waals surface area contributed by atoms with Gasteiger partial charge >= 0.3 is 0 Å². The van der Waals surface area contributed by atoms with Crippen molar-refractivity contribution in [2.24, 2.45) is 5.92 Å². The molecule has 1 fully saturated rings. The van der Waals surface area contributed by atoms with Gasteiger partial charge < -0.3 is 0 Å². The molecule has 2 N–H and O–H groups in total. The number of sulfonamides is 1. The van der Waals surface area contributed by atoms with Gasteiger partial charge in [-0.3, -0.25) is 10.1 Å². The van der Waals surface area contributed by atoms with Gasteiger partial charge in [-0.2, -0.15) is 14.4 Å². The molecule has 0 radical (unpaired) electrons. The lowest BCUT2D eigenvalue weighted by molar-refractivity contribution is -0.120. The van der Waals surface area contributed by atoms with Crippen molar-refractivity contribution in [2.45, 2.75) is 17.1 Å². The molecule has 1 aliphatic rings. The topological polar surface area (TPSA) is 108 Å². The minimum absolute atomic E-state index is 0.165. The van der Waals surface area contributed by atoms with Crippen molar-refractivity contribution < 1.29 is 13.2 Å². The van der Waals surface area contributed by atoms with Gasteiger partial charge in [-0.25, -0.2) is 13.5 Å². The fourth-order valence-electron chi connectivity index (χ4n) is 2.42. The third kappa shape index (κ3) is 3.62. The highest BCUT2D eigenvalue weighted by atomic mass is 79.9. The van der Waals surface area contributed by atoms with E-state index >= 15 is 0 Å². The molecule has 3 heterocycles. The summed E-state index contributed by atoms with van der Waals surface area (Å²) in [5, 5.41) is 8.82. The van der Waals surface area contributed by atoms with Gasteiger partial charge in [0.1, 0.15) is 10.5 Å². The summed E-state index contributed by atoms with van der Waals surface area (Å²) in [6.45, 7) is 0.585. The van der Waals surface area contributed by atoms with Crippen LogP contribution in [0, 0.1) is 5.92 Å². The van der Waals surface area contributed by atoms with Crippen LogP contribution >= 0.6 is 27.3 Å². The van der Waals surface area contributed by atoms with E-state index in [4.69, 9.17) is 0 Å². The second-order valence-electron chi connectivity index (χ2n) is 5.08. The first kappa shape index (κ1) is 16.6. The maximum absolute atomic E-state index is 12.6. The number of hydrogen-bond donors (Lipinski definition) is 2. The fourth-order valence-corrected chi connectivity index (χ4v) is 6.11. The first-order valence-corrected chi connectivity index (χ1v) is 9.93. The quantitative estimate of drug-likeness (QED) is 0.783. The summed E-state index contributed by atoms with van der Waals surface area (Å²) in [5.74, 6) is -0.404. The molecule has 8 nitrogen and oxygen atoms in total. The summed E-state index contributed by atoms with van der Waals surface area (Å²) in [4.78, 5) is 16.1. The number of hydrogen-bond acceptors (Lipinski definition) is 6. The van der Waals surface area contributed by atoms with Crippen LogP contribution in [0.1, 0.15) is 12.8 Å². The van der Waals surface area contributed by atoms with Crippen molar-refractivity contribution in [2.75, 3.05) is 18.4 Å². The van der Waals surface area contributed by atoms with Crippen LogP contribution in [0.15, 0.2) is 26.5 Å². The highest BCUT2D eigenvalue weighted by Crippen LogP contribution is 2.31. The molecular formula is C12H14BrN5O3S2. The number of amides is 1. The van der Waals surface area contributed by atoms with Crippen molar-refractivity contribution in [3.05, 3.63) is 22.2 Å². The number of carbonyl (C=O) groups is 1. The number of aromatic nitrogens is 3. The number of rotatable bonds is 4. The van der Waals surface area contributed by atoms with E-state index in [2.05, 4.69) is 36.4 Å². The largest absolute Gasteiger partial charge is 0.295 e. The van der Waals surface area contributed by atoms with E-state index < -0.39 is 15.9 Å². The maximum Gasteiger partial charge on any atom is 0.252 e. The normalized spacial score (nSPS) is 19.6. The van der Waals surface area contributed by atoms with E-state index in [1.54, 1.807) is 12.1 Å². The summed E-state index contributed by atoms with van der Waals surface area (Å²) >= 11 is 4.44. The Morgan fingerprint density at radius 3 is 2.96 bits per heavy atom. The number of nitrogens with zero attached hydrogens (tertiary/aromatic N) is 3. The lowest BCUT2D eigenvalue weighted by atomic mass is 9.99. The molecule has 1 amide bonds. The smallest absolute Gasteiger partial charge is 0.252 e. The minimum atomic E-state index is -3.56. The zero-order chi connectivity index (χ0) is 16.4. The molecule has 0 saturated carbocycles. The van der Waals surface area contributed by atoms with E-state index in [1.807, 2.05) is 0 Å². The molecule has 2 aromatic heterocycles. The van der Waals surface area contributed by atoms with Gasteiger partial charge in [0.15, 0.2) is 0 Å². The maximum atomic E-state index is 12.6. The number of nitrogens with one attached hydrogen (secondary N) is 2. The predicted molar refractivity (Wildman–Crippen MR) is 88.5 cm³/mol. The van der Waals surface area contributed by atoms with Crippen LogP contribution in [-0.4, -0.2) is 46.9 Å². The predicted octanol–water partition coefficient (Wildman–Crippen LogP) is 1.67. The molecule has 0 spiro atoms. The van der Waals surface area contributed by atoms with Gasteiger partial charge in [0.25, 0.3) is 10.0 Å². The summed E-state index contributed by atoms with van der Waals surface area (Å²) < 4.78 is 27.7. The van der Waals surface area contributed by atoms with Gasteiger partial charge in [0, 0.05) is 13.1 Å². The lowest BCUT2D eigenvalue weighted by Gasteiger charge is -2.30. The SMILES string of the molecule is O=C(Nc1ncn[nH]1)C1CCCN(S(=O)(=O)c2ccc(Br)s2)C1. The first-order valence-electron chi connectivity index (χ1n) is 6.88. The van der Waals surface area contributed by atoms with Gasteiger partial charge in [-0.15, -0.1) is 11.3 Å². The molecule has 3 rings (SSSR count). The fraction of sp³-hybridized carbons (Fsp3) is 0.417. The number of aromatic amines is 1. The summed E-state index contributed by atoms with van der Waals surface area (Å²) in [6, 6.07) is 3.28. The molecule has 0 aliphatic carbocycles. The van der Waals surface area contributed by atoms with Gasteiger partial charge in [-0.1, -0.05) is 0 Å². The zero-order valence-corrected chi connectivity index (χ0v) is 15.1. The highest BCUT2D eigenvalue weighted by molar-refractivity contribution is 9.11. The molecule has 1 aliphatic heterocycles. The Hall–Kier alpha value is -1.30. The number of piperidine rings is 1. The van der Waals surface area contributed by atoms with Gasteiger partial charge in [0.2, 0.25) is 11.9 Å². The Morgan fingerprint density at radius 2 is 2.30 bits per heavy atom. The summed E-state index contributed by atoms with van der Waals surface area (Å²) in [5.41, 5.74) is 0. The van der Waals surface area contributed by atoms with E-state index in [1.165, 1.54) is 10.6 Å². The standard InChI is InChI=1S/C12H14BrN5O3S2/c13-9-3-4-10(22-9)23(20,21)18-5-1-2-8(6-18)11(19)16-12-14-7-15-17-12/h3-4,7-8H,1-2,5-6H2,(H2,14,15,16,17,19). The number of thiophene rings is 1. The first-order chi connectivity index (χ1) is 11.0. The van der Waals surface area contributed by atoms with Crippen LogP contribution in [0.2, 0.25) is 0 Å². The van der Waals surface area contributed by atoms with E-state index in [-0.39, 0.29) is 22.6 Å². The Balaban J connectivity index is 1.71. The third-order valence-corrected chi connectivity index (χ3v) is 7.51. The van der Waals surface area contributed by atoms with Crippen molar-refractivity contribution in [1.82, 2.24) is 19.5 Å². The van der Waals surface area contributed by atoms with E-state index in [0.29, 0.717) is 19.4 Å². The molecule has 1 saturated heterocycles. The van der Waals surface area contributed by atoms with Crippen molar-refractivity contribution >= 4 is 49.1 Å². The Kier molecular flexibility index (Phi) is 4.80. The molecule has 1 atom stereocenters. The Morgan fingerprint density at radius 1 is 1.48 bits per heavy atom. The van der Waals surface area contributed by atoms with Crippen molar-refractivity contribution in [3.63, 3.8) is 0 Å². The number of carbonyl (C=O) groups excluding carboxylic acids is 1. The van der Waals surface area contributed by atoms with Crippen LogP contribution in [0.4, 0.5) is 5.95 Å². The summed E-state index contributed by atoms with van der Waals surface area (Å²) in [6.07, 6.45) is 2.57. The average molecular weight is 420 g/mol. The summed E-state index contributed by atoms with van der Waals surface area (Å²) in [7, 11) is -3.56. The molecule has 11 heteroatoms. The number of H-pyrrole nitrogens is 1. The van der Waals surface area contributed by atoms with Gasteiger partial charge in [0.05, 0.1) is 9.70 Å². The molecule has 0 aromatic carbocycles. The van der Waals surface area contributed by atoms with Crippen LogP contribution < -0.4 is 5.32 Å².